The van der Waals surface area contributed by atoms with Gasteiger partial charge in [0.1, 0.15) is 10.7 Å². The normalized spacial score (nSPS) is 16.4. The Morgan fingerprint density at radius 2 is 1.83 bits per heavy atom. The van der Waals surface area contributed by atoms with E-state index in [-0.39, 0.29) is 37.9 Å². The smallest absolute Gasteiger partial charge is 0.251 e. The number of hydrogen-bond acceptors (Lipinski definition) is 4. The van der Waals surface area contributed by atoms with Crippen molar-refractivity contribution in [3.8, 4) is 0 Å². The van der Waals surface area contributed by atoms with Gasteiger partial charge < -0.3 is 10.1 Å². The third-order valence-corrected chi connectivity index (χ3v) is 6.89. The monoisotopic (exact) mass is 420 g/mol. The molecule has 1 aliphatic heterocycles. The van der Waals surface area contributed by atoms with Crippen LogP contribution in [0.5, 0.6) is 0 Å². The van der Waals surface area contributed by atoms with Gasteiger partial charge in [-0.1, -0.05) is 36.8 Å². The summed E-state index contributed by atoms with van der Waals surface area (Å²) in [7, 11) is -4.04. The van der Waals surface area contributed by atoms with Crippen LogP contribution in [0, 0.1) is 12.7 Å². The van der Waals surface area contributed by atoms with Crippen molar-refractivity contribution in [2.75, 3.05) is 26.3 Å². The first-order valence-corrected chi connectivity index (χ1v) is 11.0. The van der Waals surface area contributed by atoms with Crippen molar-refractivity contribution in [1.29, 1.82) is 0 Å². The van der Waals surface area contributed by atoms with Gasteiger partial charge in [-0.3, -0.25) is 4.79 Å². The summed E-state index contributed by atoms with van der Waals surface area (Å²) < 4.78 is 46.3. The van der Waals surface area contributed by atoms with Gasteiger partial charge >= 0.3 is 0 Å². The molecule has 2 aromatic rings. The summed E-state index contributed by atoms with van der Waals surface area (Å²) >= 11 is 0. The van der Waals surface area contributed by atoms with E-state index in [2.05, 4.69) is 5.32 Å². The van der Waals surface area contributed by atoms with E-state index in [1.54, 1.807) is 0 Å². The molecule has 0 spiro atoms. The molecule has 0 aromatic heterocycles. The fourth-order valence-electron chi connectivity index (χ4n) is 3.23. The van der Waals surface area contributed by atoms with Crippen LogP contribution in [0.25, 0.3) is 0 Å². The van der Waals surface area contributed by atoms with Crippen LogP contribution in [0.15, 0.2) is 47.4 Å². The number of ether oxygens (including phenoxy) is 1. The quantitative estimate of drug-likeness (QED) is 0.779. The van der Waals surface area contributed by atoms with Crippen molar-refractivity contribution in [2.24, 2.45) is 0 Å². The molecule has 29 heavy (non-hydrogen) atoms. The number of aryl methyl sites for hydroxylation is 1. The summed E-state index contributed by atoms with van der Waals surface area (Å²) in [6, 6.07) is 11.0. The van der Waals surface area contributed by atoms with E-state index in [4.69, 9.17) is 4.74 Å². The van der Waals surface area contributed by atoms with Gasteiger partial charge in [0.05, 0.1) is 19.3 Å². The molecule has 1 amide bonds. The molecule has 1 aliphatic rings. The SMILES string of the molecule is CC[C@@H](NC(=O)c1ccc(F)c(S(=O)(=O)N2CCOCC2)c1)c1ccc(C)cc1. The van der Waals surface area contributed by atoms with Crippen LogP contribution in [0.4, 0.5) is 4.39 Å². The topological polar surface area (TPSA) is 75.7 Å². The van der Waals surface area contributed by atoms with Crippen molar-refractivity contribution in [3.63, 3.8) is 0 Å². The molecule has 0 aliphatic carbocycles. The third kappa shape index (κ3) is 4.83. The van der Waals surface area contributed by atoms with Gasteiger partial charge in [-0.2, -0.15) is 4.31 Å². The van der Waals surface area contributed by atoms with Crippen molar-refractivity contribution < 1.29 is 22.3 Å². The maximum atomic E-state index is 14.3. The summed E-state index contributed by atoms with van der Waals surface area (Å²) in [5, 5.41) is 2.91. The molecule has 1 atom stereocenters. The number of hydrogen-bond donors (Lipinski definition) is 1. The van der Waals surface area contributed by atoms with Gasteiger partial charge in [-0.15, -0.1) is 0 Å². The molecule has 1 N–H and O–H groups in total. The molecule has 0 saturated carbocycles. The van der Waals surface area contributed by atoms with Gasteiger partial charge in [0.15, 0.2) is 0 Å². The molecule has 0 unspecified atom stereocenters. The Labute approximate surface area is 170 Å². The van der Waals surface area contributed by atoms with E-state index in [9.17, 15) is 17.6 Å². The lowest BCUT2D eigenvalue weighted by molar-refractivity contribution is 0.0729. The fourth-order valence-corrected chi connectivity index (χ4v) is 4.73. The maximum absolute atomic E-state index is 14.3. The van der Waals surface area contributed by atoms with E-state index >= 15 is 0 Å². The summed E-state index contributed by atoms with van der Waals surface area (Å²) in [4.78, 5) is 12.3. The first kappa shape index (κ1) is 21.4. The zero-order chi connectivity index (χ0) is 21.0. The molecule has 0 bridgehead atoms. The Morgan fingerprint density at radius 3 is 2.45 bits per heavy atom. The average Bonchev–Trinajstić information content (AvgIpc) is 2.73. The van der Waals surface area contributed by atoms with Crippen LogP contribution >= 0.6 is 0 Å². The fraction of sp³-hybridized carbons (Fsp3) is 0.381. The average molecular weight is 421 g/mol. The number of morpholine rings is 1. The lowest BCUT2D eigenvalue weighted by Gasteiger charge is -2.26. The molecule has 1 saturated heterocycles. The van der Waals surface area contributed by atoms with Gasteiger partial charge in [-0.05, 0) is 37.1 Å². The standard InChI is InChI=1S/C21H25FN2O4S/c1-3-19(16-6-4-15(2)5-7-16)23-21(25)17-8-9-18(22)20(14-17)29(26,27)24-10-12-28-13-11-24/h4-9,14,19H,3,10-13H2,1-2H3,(H,23,25)/t19-/m1/s1. The first-order valence-electron chi connectivity index (χ1n) is 9.58. The summed E-state index contributed by atoms with van der Waals surface area (Å²) in [6.45, 7) is 4.76. The van der Waals surface area contributed by atoms with E-state index in [0.717, 1.165) is 23.3 Å². The Balaban J connectivity index is 1.84. The van der Waals surface area contributed by atoms with E-state index in [1.807, 2.05) is 38.1 Å². The number of benzene rings is 2. The van der Waals surface area contributed by atoms with E-state index in [0.29, 0.717) is 6.42 Å². The molecular weight excluding hydrogens is 395 g/mol. The van der Waals surface area contributed by atoms with Gasteiger partial charge in [0.2, 0.25) is 10.0 Å². The van der Waals surface area contributed by atoms with E-state index < -0.39 is 26.6 Å². The number of carbonyl (C=O) groups is 1. The Hall–Kier alpha value is -2.29. The highest BCUT2D eigenvalue weighted by Gasteiger charge is 2.30. The number of halogens is 1. The first-order chi connectivity index (χ1) is 13.8. The van der Waals surface area contributed by atoms with Crippen LogP contribution in [-0.4, -0.2) is 44.9 Å². The number of nitrogens with one attached hydrogen (secondary N) is 1. The predicted molar refractivity (Wildman–Crippen MR) is 108 cm³/mol. The molecule has 1 fully saturated rings. The highest BCUT2D eigenvalue weighted by molar-refractivity contribution is 7.89. The predicted octanol–water partition coefficient (Wildman–Crippen LogP) is 3.04. The lowest BCUT2D eigenvalue weighted by atomic mass is 10.0. The molecular formula is C21H25FN2O4S. The maximum Gasteiger partial charge on any atom is 0.251 e. The molecule has 8 heteroatoms. The van der Waals surface area contributed by atoms with E-state index in [1.165, 1.54) is 10.4 Å². The van der Waals surface area contributed by atoms with Crippen LogP contribution in [0.1, 0.15) is 40.9 Å². The van der Waals surface area contributed by atoms with Crippen LogP contribution < -0.4 is 5.32 Å². The zero-order valence-corrected chi connectivity index (χ0v) is 17.3. The van der Waals surface area contributed by atoms with Crippen molar-refractivity contribution in [2.45, 2.75) is 31.2 Å². The molecule has 156 valence electrons. The summed E-state index contributed by atoms with van der Waals surface area (Å²) in [5.74, 6) is -1.32. The lowest BCUT2D eigenvalue weighted by Crippen LogP contribution is -2.41. The highest BCUT2D eigenvalue weighted by atomic mass is 32.2. The zero-order valence-electron chi connectivity index (χ0n) is 16.5. The minimum Gasteiger partial charge on any atom is -0.379 e. The highest BCUT2D eigenvalue weighted by Crippen LogP contribution is 2.23. The number of sulfonamides is 1. The largest absolute Gasteiger partial charge is 0.379 e. The van der Waals surface area contributed by atoms with Crippen molar-refractivity contribution >= 4 is 15.9 Å². The molecule has 1 heterocycles. The number of rotatable bonds is 6. The Bertz CT molecular complexity index is 971. The molecule has 3 rings (SSSR count). The second-order valence-electron chi connectivity index (χ2n) is 7.01. The number of amides is 1. The molecule has 2 aromatic carbocycles. The van der Waals surface area contributed by atoms with Gasteiger partial charge in [0.25, 0.3) is 5.91 Å². The minimum atomic E-state index is -4.04. The number of nitrogens with zero attached hydrogens (tertiary/aromatic N) is 1. The van der Waals surface area contributed by atoms with Crippen LogP contribution in [-0.2, 0) is 14.8 Å². The Kier molecular flexibility index (Phi) is 6.66. The van der Waals surface area contributed by atoms with Crippen molar-refractivity contribution in [1.82, 2.24) is 9.62 Å². The Morgan fingerprint density at radius 1 is 1.17 bits per heavy atom. The molecule has 6 nitrogen and oxygen atoms in total. The third-order valence-electron chi connectivity index (χ3n) is 4.97. The second kappa shape index (κ2) is 9.02. The molecule has 0 radical (unpaired) electrons. The summed E-state index contributed by atoms with van der Waals surface area (Å²) in [6.07, 6.45) is 0.662. The second-order valence-corrected chi connectivity index (χ2v) is 8.91. The number of carbonyl (C=O) groups excluding carboxylic acids is 1. The van der Waals surface area contributed by atoms with Gasteiger partial charge in [0, 0.05) is 18.7 Å². The van der Waals surface area contributed by atoms with Crippen LogP contribution in [0.2, 0.25) is 0 Å². The van der Waals surface area contributed by atoms with Crippen LogP contribution in [0.3, 0.4) is 0 Å². The summed E-state index contributed by atoms with van der Waals surface area (Å²) in [5.41, 5.74) is 2.17. The van der Waals surface area contributed by atoms with Crippen molar-refractivity contribution in [3.05, 3.63) is 65.0 Å². The minimum absolute atomic E-state index is 0.101. The van der Waals surface area contributed by atoms with Gasteiger partial charge in [-0.25, -0.2) is 12.8 Å².